The number of rotatable bonds is 3. The summed E-state index contributed by atoms with van der Waals surface area (Å²) in [6.07, 6.45) is 4.92. The molecule has 1 amide bonds. The second kappa shape index (κ2) is 6.31. The van der Waals surface area contributed by atoms with Crippen molar-refractivity contribution in [2.24, 2.45) is 7.05 Å². The topological polar surface area (TPSA) is 115 Å². The summed E-state index contributed by atoms with van der Waals surface area (Å²) in [6.45, 7) is 2.39. The molecule has 3 aromatic heterocycles. The summed E-state index contributed by atoms with van der Waals surface area (Å²) in [7, 11) is 1.86. The molecule has 0 radical (unpaired) electrons. The highest BCUT2D eigenvalue weighted by Crippen LogP contribution is 2.33. The molecule has 1 N–H and O–H groups in total. The van der Waals surface area contributed by atoms with E-state index in [1.165, 1.54) is 6.20 Å². The number of amides is 1. The summed E-state index contributed by atoms with van der Waals surface area (Å²) in [4.78, 5) is 19.0. The third-order valence-corrected chi connectivity index (χ3v) is 5.23. The number of carbonyl (C=O) groups is 1. The molecular weight excluding hydrogens is 350 g/mol. The van der Waals surface area contributed by atoms with Crippen LogP contribution in [0.4, 0.5) is 0 Å². The number of aromatic nitrogens is 6. The molecule has 0 unspecified atom stereocenters. The second-order valence-corrected chi connectivity index (χ2v) is 6.89. The van der Waals surface area contributed by atoms with Gasteiger partial charge >= 0.3 is 0 Å². The van der Waals surface area contributed by atoms with E-state index in [4.69, 9.17) is 9.26 Å². The normalized spacial score (nSPS) is 17.4. The molecule has 10 nitrogen and oxygen atoms in total. The van der Waals surface area contributed by atoms with Gasteiger partial charge in [-0.2, -0.15) is 15.2 Å². The summed E-state index contributed by atoms with van der Waals surface area (Å²) in [6, 6.07) is 0. The monoisotopic (exact) mass is 369 g/mol. The van der Waals surface area contributed by atoms with Crippen LogP contribution in [-0.2, 0) is 24.9 Å². The quantitative estimate of drug-likeness (QED) is 0.738. The fourth-order valence-corrected chi connectivity index (χ4v) is 3.71. The van der Waals surface area contributed by atoms with Crippen LogP contribution in [-0.4, -0.2) is 54.1 Å². The molecule has 2 aliphatic heterocycles. The zero-order chi connectivity index (χ0) is 18.4. The van der Waals surface area contributed by atoms with Gasteiger partial charge in [-0.15, -0.1) is 0 Å². The molecule has 2 aliphatic rings. The number of aryl methyl sites for hydroxylation is 1. The van der Waals surface area contributed by atoms with Crippen LogP contribution < -0.4 is 0 Å². The van der Waals surface area contributed by atoms with Crippen LogP contribution >= 0.6 is 0 Å². The summed E-state index contributed by atoms with van der Waals surface area (Å²) in [5.41, 5.74) is 3.13. The third kappa shape index (κ3) is 2.72. The van der Waals surface area contributed by atoms with Crippen molar-refractivity contribution in [2.75, 3.05) is 13.2 Å². The van der Waals surface area contributed by atoms with E-state index in [9.17, 15) is 4.79 Å². The van der Waals surface area contributed by atoms with Crippen LogP contribution in [0.3, 0.4) is 0 Å². The van der Waals surface area contributed by atoms with Crippen LogP contribution in [0.5, 0.6) is 0 Å². The largest absolute Gasteiger partial charge is 0.381 e. The Balaban J connectivity index is 1.41. The van der Waals surface area contributed by atoms with E-state index in [1.54, 1.807) is 15.8 Å². The predicted molar refractivity (Wildman–Crippen MR) is 91.5 cm³/mol. The van der Waals surface area contributed by atoms with Crippen molar-refractivity contribution < 1.29 is 14.1 Å². The molecule has 10 heteroatoms. The predicted octanol–water partition coefficient (Wildman–Crippen LogP) is 1.24. The number of hydrogen-bond donors (Lipinski definition) is 1. The molecule has 3 aromatic rings. The molecule has 0 aromatic carbocycles. The molecule has 1 saturated heterocycles. The van der Waals surface area contributed by atoms with Crippen molar-refractivity contribution >= 4 is 5.91 Å². The van der Waals surface area contributed by atoms with Gasteiger partial charge in [-0.1, -0.05) is 5.16 Å². The molecular formula is C17H19N7O3. The highest BCUT2D eigenvalue weighted by molar-refractivity contribution is 5.94. The fraction of sp³-hybridized carbons (Fsp3) is 0.471. The molecule has 27 heavy (non-hydrogen) atoms. The minimum Gasteiger partial charge on any atom is -0.381 e. The van der Waals surface area contributed by atoms with Gasteiger partial charge in [0.15, 0.2) is 11.5 Å². The molecule has 140 valence electrons. The maximum Gasteiger partial charge on any atom is 0.278 e. The van der Waals surface area contributed by atoms with Gasteiger partial charge in [-0.3, -0.25) is 14.6 Å². The standard InChI is InChI=1S/C17H19N7O3/c1-23-13-9-24(17(25)11-6-18-19-7-11)8-12(13)14(21-23)16-20-15(22-27-16)10-2-4-26-5-3-10/h6-7,10H,2-5,8-9H2,1H3,(H,18,19). The lowest BCUT2D eigenvalue weighted by atomic mass is 10.00. The summed E-state index contributed by atoms with van der Waals surface area (Å²) in [5.74, 6) is 1.30. The van der Waals surface area contributed by atoms with Gasteiger partial charge in [0.2, 0.25) is 0 Å². The Kier molecular flexibility index (Phi) is 3.78. The zero-order valence-corrected chi connectivity index (χ0v) is 14.9. The number of nitrogens with one attached hydrogen (secondary N) is 1. The average molecular weight is 369 g/mol. The Morgan fingerprint density at radius 3 is 2.93 bits per heavy atom. The van der Waals surface area contributed by atoms with Crippen molar-refractivity contribution in [3.63, 3.8) is 0 Å². The van der Waals surface area contributed by atoms with Crippen LogP contribution in [0.2, 0.25) is 0 Å². The van der Waals surface area contributed by atoms with E-state index in [2.05, 4.69) is 25.4 Å². The van der Waals surface area contributed by atoms with E-state index in [0.29, 0.717) is 36.1 Å². The summed E-state index contributed by atoms with van der Waals surface area (Å²) in [5, 5.41) is 15.2. The second-order valence-electron chi connectivity index (χ2n) is 6.89. The smallest absolute Gasteiger partial charge is 0.278 e. The number of ether oxygens (including phenoxy) is 1. The van der Waals surface area contributed by atoms with Crippen LogP contribution in [0.1, 0.15) is 46.2 Å². The summed E-state index contributed by atoms with van der Waals surface area (Å²) >= 11 is 0. The Hall–Kier alpha value is -3.01. The van der Waals surface area contributed by atoms with Gasteiger partial charge in [0.25, 0.3) is 11.8 Å². The number of fused-ring (bicyclic) bond motifs is 1. The van der Waals surface area contributed by atoms with Gasteiger partial charge in [-0.25, -0.2) is 0 Å². The maximum atomic E-state index is 12.6. The minimum absolute atomic E-state index is 0.0701. The molecule has 0 saturated carbocycles. The molecule has 0 aliphatic carbocycles. The van der Waals surface area contributed by atoms with E-state index in [0.717, 1.165) is 37.3 Å². The first-order valence-corrected chi connectivity index (χ1v) is 8.95. The first-order chi connectivity index (χ1) is 13.2. The van der Waals surface area contributed by atoms with Crippen molar-refractivity contribution in [1.29, 1.82) is 0 Å². The maximum absolute atomic E-state index is 12.6. The first kappa shape index (κ1) is 16.2. The lowest BCUT2D eigenvalue weighted by Crippen LogP contribution is -2.25. The Morgan fingerprint density at radius 1 is 1.30 bits per heavy atom. The Bertz CT molecular complexity index is 969. The Morgan fingerprint density at radius 2 is 2.15 bits per heavy atom. The van der Waals surface area contributed by atoms with Gasteiger partial charge in [0, 0.05) is 37.9 Å². The van der Waals surface area contributed by atoms with Crippen molar-refractivity contribution in [3.8, 4) is 11.6 Å². The molecule has 0 spiro atoms. The number of hydrogen-bond acceptors (Lipinski definition) is 7. The van der Waals surface area contributed by atoms with E-state index >= 15 is 0 Å². The van der Waals surface area contributed by atoms with Gasteiger partial charge < -0.3 is 14.2 Å². The SMILES string of the molecule is Cn1nc(-c2nc(C3CCOCC3)no2)c2c1CN(C(=O)c1cn[nH]c1)C2. The Labute approximate surface area is 154 Å². The number of H-pyrrole nitrogens is 1. The third-order valence-electron chi connectivity index (χ3n) is 5.23. The lowest BCUT2D eigenvalue weighted by Gasteiger charge is -2.18. The molecule has 0 bridgehead atoms. The first-order valence-electron chi connectivity index (χ1n) is 8.95. The van der Waals surface area contributed by atoms with Crippen molar-refractivity contribution in [1.82, 2.24) is 35.0 Å². The van der Waals surface area contributed by atoms with Gasteiger partial charge in [0.05, 0.1) is 30.5 Å². The van der Waals surface area contributed by atoms with Crippen molar-refractivity contribution in [3.05, 3.63) is 35.0 Å². The van der Waals surface area contributed by atoms with E-state index in [1.807, 2.05) is 7.05 Å². The molecule has 1 fully saturated rings. The van der Waals surface area contributed by atoms with Crippen LogP contribution in [0, 0.1) is 0 Å². The number of carbonyl (C=O) groups excluding carboxylic acids is 1. The number of nitrogens with zero attached hydrogens (tertiary/aromatic N) is 6. The highest BCUT2D eigenvalue weighted by Gasteiger charge is 2.33. The van der Waals surface area contributed by atoms with Crippen LogP contribution in [0.25, 0.3) is 11.6 Å². The van der Waals surface area contributed by atoms with Gasteiger partial charge in [-0.05, 0) is 12.8 Å². The minimum atomic E-state index is -0.0701. The zero-order valence-electron chi connectivity index (χ0n) is 14.9. The van der Waals surface area contributed by atoms with Gasteiger partial charge in [0.1, 0.15) is 0 Å². The molecule has 0 atom stereocenters. The van der Waals surface area contributed by atoms with Crippen LogP contribution in [0.15, 0.2) is 16.9 Å². The van der Waals surface area contributed by atoms with E-state index in [-0.39, 0.29) is 11.8 Å². The number of aromatic amines is 1. The average Bonchev–Trinajstić information content (AvgIpc) is 3.48. The van der Waals surface area contributed by atoms with E-state index < -0.39 is 0 Å². The summed E-state index contributed by atoms with van der Waals surface area (Å²) < 4.78 is 12.7. The lowest BCUT2D eigenvalue weighted by molar-refractivity contribution is 0.0748. The van der Waals surface area contributed by atoms with Crippen molar-refractivity contribution in [2.45, 2.75) is 31.8 Å². The molecule has 5 heterocycles. The fourth-order valence-electron chi connectivity index (χ4n) is 3.71. The highest BCUT2D eigenvalue weighted by atomic mass is 16.5. The molecule has 5 rings (SSSR count).